The van der Waals surface area contributed by atoms with Crippen LogP contribution in [0.4, 0.5) is 11.4 Å². The Balaban J connectivity index is 2.98. The van der Waals surface area contributed by atoms with E-state index in [1.807, 2.05) is 13.8 Å². The van der Waals surface area contributed by atoms with E-state index in [2.05, 4.69) is 21.2 Å². The van der Waals surface area contributed by atoms with Gasteiger partial charge in [0.05, 0.1) is 17.2 Å². The second kappa shape index (κ2) is 7.04. The standard InChI is InChI=1S/C14H21BrN2O3/c1-4-14(5-2,9-18)8-16-12-7-13(17(19)20)10(3)6-11(12)15/h6-7,16,18H,4-5,8-9H2,1-3H3. The Hall–Kier alpha value is -1.14. The van der Waals surface area contributed by atoms with E-state index in [1.165, 1.54) is 6.07 Å². The van der Waals surface area contributed by atoms with Gasteiger partial charge in [-0.15, -0.1) is 0 Å². The number of aliphatic hydroxyl groups is 1. The quantitative estimate of drug-likeness (QED) is 0.581. The van der Waals surface area contributed by atoms with Crippen molar-refractivity contribution in [2.45, 2.75) is 33.6 Å². The predicted molar refractivity (Wildman–Crippen MR) is 84.1 cm³/mol. The fourth-order valence-corrected chi connectivity index (χ4v) is 2.65. The topological polar surface area (TPSA) is 75.4 Å². The van der Waals surface area contributed by atoms with Crippen LogP contribution >= 0.6 is 15.9 Å². The molecular formula is C14H21BrN2O3. The van der Waals surface area contributed by atoms with Crippen molar-refractivity contribution in [3.8, 4) is 0 Å². The molecule has 5 nitrogen and oxygen atoms in total. The largest absolute Gasteiger partial charge is 0.396 e. The van der Waals surface area contributed by atoms with Crippen LogP contribution in [-0.2, 0) is 0 Å². The molecule has 2 N–H and O–H groups in total. The molecule has 0 aromatic heterocycles. The minimum atomic E-state index is -0.383. The van der Waals surface area contributed by atoms with Crippen molar-refractivity contribution in [2.24, 2.45) is 5.41 Å². The number of anilines is 1. The zero-order valence-corrected chi connectivity index (χ0v) is 13.7. The summed E-state index contributed by atoms with van der Waals surface area (Å²) in [6.45, 7) is 6.46. The van der Waals surface area contributed by atoms with Gasteiger partial charge in [-0.2, -0.15) is 0 Å². The van der Waals surface area contributed by atoms with Gasteiger partial charge in [-0.05, 0) is 41.8 Å². The normalized spacial score (nSPS) is 11.4. The maximum absolute atomic E-state index is 11.0. The lowest BCUT2D eigenvalue weighted by atomic mass is 9.83. The molecular weight excluding hydrogens is 324 g/mol. The number of benzene rings is 1. The molecule has 0 amide bonds. The van der Waals surface area contributed by atoms with Gasteiger partial charge >= 0.3 is 0 Å². The van der Waals surface area contributed by atoms with Gasteiger partial charge in [0.2, 0.25) is 0 Å². The molecule has 0 aliphatic carbocycles. The average Bonchev–Trinajstić information content (AvgIpc) is 2.42. The van der Waals surface area contributed by atoms with Gasteiger partial charge < -0.3 is 10.4 Å². The smallest absolute Gasteiger partial charge is 0.274 e. The summed E-state index contributed by atoms with van der Waals surface area (Å²) in [4.78, 5) is 10.6. The molecule has 1 aromatic carbocycles. The number of aliphatic hydroxyl groups excluding tert-OH is 1. The van der Waals surface area contributed by atoms with Crippen molar-refractivity contribution in [3.63, 3.8) is 0 Å². The Kier molecular flexibility index (Phi) is 5.95. The minimum Gasteiger partial charge on any atom is -0.396 e. The molecule has 1 rings (SSSR count). The van der Waals surface area contributed by atoms with Crippen molar-refractivity contribution in [2.75, 3.05) is 18.5 Å². The summed E-state index contributed by atoms with van der Waals surface area (Å²) in [6.07, 6.45) is 1.69. The summed E-state index contributed by atoms with van der Waals surface area (Å²) in [5, 5.41) is 23.7. The van der Waals surface area contributed by atoms with E-state index >= 15 is 0 Å². The van der Waals surface area contributed by atoms with Gasteiger partial charge in [-0.3, -0.25) is 10.1 Å². The zero-order valence-electron chi connectivity index (χ0n) is 12.1. The van der Waals surface area contributed by atoms with E-state index < -0.39 is 0 Å². The molecule has 0 fully saturated rings. The van der Waals surface area contributed by atoms with Crippen LogP contribution in [0.2, 0.25) is 0 Å². The Labute approximate surface area is 127 Å². The minimum absolute atomic E-state index is 0.0956. The Bertz CT molecular complexity index is 479. The third kappa shape index (κ3) is 3.70. The van der Waals surface area contributed by atoms with Crippen molar-refractivity contribution in [1.82, 2.24) is 0 Å². The second-order valence-corrected chi connectivity index (χ2v) is 5.95. The molecule has 0 saturated heterocycles. The molecule has 0 aliphatic rings. The molecule has 1 aromatic rings. The average molecular weight is 345 g/mol. The van der Waals surface area contributed by atoms with Crippen LogP contribution in [0.5, 0.6) is 0 Å². The third-order valence-electron chi connectivity index (χ3n) is 3.97. The van der Waals surface area contributed by atoms with Crippen LogP contribution < -0.4 is 5.32 Å². The van der Waals surface area contributed by atoms with Crippen molar-refractivity contribution in [1.29, 1.82) is 0 Å². The van der Waals surface area contributed by atoms with Gasteiger partial charge in [-0.25, -0.2) is 0 Å². The number of nitrogens with one attached hydrogen (secondary N) is 1. The van der Waals surface area contributed by atoms with E-state index in [1.54, 1.807) is 13.0 Å². The lowest BCUT2D eigenvalue weighted by Gasteiger charge is -2.30. The molecule has 112 valence electrons. The molecule has 0 spiro atoms. The predicted octanol–water partition coefficient (Wildman–Crippen LogP) is 3.88. The maximum Gasteiger partial charge on any atom is 0.274 e. The first kappa shape index (κ1) is 16.9. The van der Waals surface area contributed by atoms with E-state index in [9.17, 15) is 15.2 Å². The first-order chi connectivity index (χ1) is 9.39. The number of rotatable bonds is 7. The summed E-state index contributed by atoms with van der Waals surface area (Å²) >= 11 is 3.42. The van der Waals surface area contributed by atoms with E-state index in [-0.39, 0.29) is 22.6 Å². The molecule has 0 unspecified atom stereocenters. The van der Waals surface area contributed by atoms with Crippen molar-refractivity contribution >= 4 is 27.3 Å². The molecule has 20 heavy (non-hydrogen) atoms. The van der Waals surface area contributed by atoms with Crippen LogP contribution in [0.3, 0.4) is 0 Å². The molecule has 0 radical (unpaired) electrons. The highest BCUT2D eigenvalue weighted by molar-refractivity contribution is 9.10. The third-order valence-corrected chi connectivity index (χ3v) is 4.63. The summed E-state index contributed by atoms with van der Waals surface area (Å²) < 4.78 is 0.791. The van der Waals surface area contributed by atoms with Gasteiger partial charge in [0, 0.05) is 28.1 Å². The SMILES string of the molecule is CCC(CC)(CO)CNc1cc([N+](=O)[O-])c(C)cc1Br. The molecule has 0 saturated carbocycles. The first-order valence-corrected chi connectivity index (χ1v) is 7.47. The highest BCUT2D eigenvalue weighted by atomic mass is 79.9. The van der Waals surface area contributed by atoms with E-state index in [0.717, 1.165) is 17.3 Å². The van der Waals surface area contributed by atoms with Gasteiger partial charge in [-0.1, -0.05) is 13.8 Å². The van der Waals surface area contributed by atoms with Crippen LogP contribution in [-0.4, -0.2) is 23.2 Å². The van der Waals surface area contributed by atoms with Crippen LogP contribution in [0, 0.1) is 22.5 Å². The monoisotopic (exact) mass is 344 g/mol. The molecule has 0 heterocycles. The van der Waals surface area contributed by atoms with Gasteiger partial charge in [0.25, 0.3) is 5.69 Å². The fourth-order valence-electron chi connectivity index (χ4n) is 2.06. The van der Waals surface area contributed by atoms with Crippen molar-refractivity contribution < 1.29 is 10.0 Å². The highest BCUT2D eigenvalue weighted by Gasteiger charge is 2.25. The molecule has 0 atom stereocenters. The summed E-state index contributed by atoms with van der Waals surface area (Å²) in [5.74, 6) is 0. The number of hydrogen-bond acceptors (Lipinski definition) is 4. The molecule has 0 aliphatic heterocycles. The zero-order chi connectivity index (χ0) is 15.3. The molecule has 0 bridgehead atoms. The second-order valence-electron chi connectivity index (χ2n) is 5.09. The lowest BCUT2D eigenvalue weighted by molar-refractivity contribution is -0.385. The molecule has 6 heteroatoms. The number of nitro benzene ring substituents is 1. The number of nitro groups is 1. The van der Waals surface area contributed by atoms with E-state index in [4.69, 9.17) is 0 Å². The van der Waals surface area contributed by atoms with E-state index in [0.29, 0.717) is 17.8 Å². The van der Waals surface area contributed by atoms with Crippen LogP contribution in [0.1, 0.15) is 32.3 Å². The van der Waals surface area contributed by atoms with Gasteiger partial charge in [0.15, 0.2) is 0 Å². The van der Waals surface area contributed by atoms with Crippen LogP contribution in [0.15, 0.2) is 16.6 Å². The number of aryl methyl sites for hydroxylation is 1. The summed E-state index contributed by atoms with van der Waals surface area (Å²) in [5.41, 5.74) is 1.20. The summed E-state index contributed by atoms with van der Waals surface area (Å²) in [6, 6.07) is 3.27. The summed E-state index contributed by atoms with van der Waals surface area (Å²) in [7, 11) is 0. The number of hydrogen-bond donors (Lipinski definition) is 2. The van der Waals surface area contributed by atoms with Crippen molar-refractivity contribution in [3.05, 3.63) is 32.3 Å². The Morgan fingerprint density at radius 1 is 1.40 bits per heavy atom. The number of halogens is 1. The van der Waals surface area contributed by atoms with Crippen LogP contribution in [0.25, 0.3) is 0 Å². The lowest BCUT2D eigenvalue weighted by Crippen LogP contribution is -2.32. The Morgan fingerprint density at radius 3 is 2.45 bits per heavy atom. The first-order valence-electron chi connectivity index (χ1n) is 6.68. The maximum atomic E-state index is 11.0. The van der Waals surface area contributed by atoms with Gasteiger partial charge in [0.1, 0.15) is 0 Å². The number of nitrogens with zero attached hydrogens (tertiary/aromatic N) is 1. The Morgan fingerprint density at radius 2 is 2.00 bits per heavy atom. The fraction of sp³-hybridized carbons (Fsp3) is 0.571. The highest BCUT2D eigenvalue weighted by Crippen LogP contribution is 2.33.